The summed E-state index contributed by atoms with van der Waals surface area (Å²) in [5.74, 6) is 3.41. The van der Waals surface area contributed by atoms with Gasteiger partial charge in [-0.15, -0.1) is 6.42 Å². The summed E-state index contributed by atoms with van der Waals surface area (Å²) >= 11 is 19.2. The number of terminal acetylenes is 1. The summed E-state index contributed by atoms with van der Waals surface area (Å²) in [5, 5.41) is 0.898. The fourth-order valence-corrected chi connectivity index (χ4v) is 4.01. The number of hydrogen-bond donors (Lipinski definition) is 0. The van der Waals surface area contributed by atoms with E-state index in [1.165, 1.54) is 7.11 Å². The predicted molar refractivity (Wildman–Crippen MR) is 142 cm³/mol. The molecule has 1 aromatic carbocycles. The van der Waals surface area contributed by atoms with E-state index in [0.29, 0.717) is 57.1 Å². The Morgan fingerprint density at radius 1 is 1.17 bits per heavy atom. The molecule has 0 unspecified atom stereocenters. The van der Waals surface area contributed by atoms with Crippen LogP contribution < -0.4 is 4.74 Å². The molecule has 0 spiro atoms. The summed E-state index contributed by atoms with van der Waals surface area (Å²) in [7, 11) is 5.55. The maximum absolute atomic E-state index is 6.55. The predicted octanol–water partition coefficient (Wildman–Crippen LogP) is 5.89. The molecule has 0 atom stereocenters. The Labute approximate surface area is 220 Å². The third kappa shape index (κ3) is 6.89. The van der Waals surface area contributed by atoms with Crippen LogP contribution in [0.5, 0.6) is 5.75 Å². The van der Waals surface area contributed by atoms with E-state index in [1.54, 1.807) is 24.5 Å². The summed E-state index contributed by atoms with van der Waals surface area (Å²) in [5.41, 5.74) is 3.23. The number of methoxy groups -OCH3 is 1. The molecule has 184 valence electrons. The van der Waals surface area contributed by atoms with Crippen molar-refractivity contribution in [1.82, 2.24) is 24.4 Å². The molecule has 35 heavy (non-hydrogen) atoms. The van der Waals surface area contributed by atoms with Gasteiger partial charge in [-0.05, 0) is 63.2 Å². The summed E-state index contributed by atoms with van der Waals surface area (Å²) < 4.78 is 12.9. The van der Waals surface area contributed by atoms with Crippen molar-refractivity contribution >= 4 is 46.0 Å². The lowest BCUT2D eigenvalue weighted by Gasteiger charge is -2.13. The number of imidazole rings is 1. The first kappa shape index (κ1) is 26.8. The minimum absolute atomic E-state index is 0.0734. The zero-order valence-electron chi connectivity index (χ0n) is 20.0. The SMILES string of the molecule is C#C/C(=C\C=C(/C)Cn1cnc2c(-c3cc(OCCCN(C)C)c(Cl)cc3Cl)nc(Cl)nc21)OC. The van der Waals surface area contributed by atoms with Gasteiger partial charge >= 0.3 is 0 Å². The van der Waals surface area contributed by atoms with E-state index in [-0.39, 0.29) is 5.28 Å². The van der Waals surface area contributed by atoms with Gasteiger partial charge in [0.05, 0.1) is 30.1 Å². The van der Waals surface area contributed by atoms with Crippen LogP contribution in [0.1, 0.15) is 13.3 Å². The van der Waals surface area contributed by atoms with Crippen LogP contribution in [0, 0.1) is 12.3 Å². The molecule has 0 aliphatic rings. The van der Waals surface area contributed by atoms with Gasteiger partial charge in [0.1, 0.15) is 17.0 Å². The monoisotopic (exact) mass is 533 g/mol. The number of nitrogens with zero attached hydrogens (tertiary/aromatic N) is 5. The van der Waals surface area contributed by atoms with Crippen LogP contribution >= 0.6 is 34.8 Å². The zero-order valence-corrected chi connectivity index (χ0v) is 22.2. The number of allylic oxidation sites excluding steroid dienone is 4. The maximum Gasteiger partial charge on any atom is 0.225 e. The molecule has 0 aliphatic heterocycles. The van der Waals surface area contributed by atoms with E-state index in [4.69, 9.17) is 50.7 Å². The number of hydrogen-bond acceptors (Lipinski definition) is 6. The van der Waals surface area contributed by atoms with Crippen molar-refractivity contribution in [3.8, 4) is 29.4 Å². The Bertz CT molecular complexity index is 1310. The van der Waals surface area contributed by atoms with Crippen molar-refractivity contribution in [3.63, 3.8) is 0 Å². The Morgan fingerprint density at radius 2 is 1.94 bits per heavy atom. The molecular weight excluding hydrogens is 509 g/mol. The molecule has 0 fully saturated rings. The van der Waals surface area contributed by atoms with Crippen molar-refractivity contribution < 1.29 is 9.47 Å². The molecular formula is C25H26Cl3N5O2. The molecule has 0 aliphatic carbocycles. The van der Waals surface area contributed by atoms with Crippen LogP contribution in [0.2, 0.25) is 15.3 Å². The number of benzene rings is 1. The van der Waals surface area contributed by atoms with Gasteiger partial charge in [0, 0.05) is 18.7 Å². The topological polar surface area (TPSA) is 65.3 Å². The standard InChI is InChI=1S/C25H26Cl3N5O2/c1-6-17(34-5)9-8-16(2)14-33-15-29-23-22(30-25(28)31-24(23)33)18-12-21(20(27)13-19(18)26)35-11-7-10-32(3)4/h1,8-9,12-13,15H,7,10-11,14H2,2-5H3/b16-8+,17-9+. The molecule has 0 amide bonds. The Morgan fingerprint density at radius 3 is 2.63 bits per heavy atom. The van der Waals surface area contributed by atoms with Crippen LogP contribution in [0.15, 0.2) is 41.9 Å². The summed E-state index contributed by atoms with van der Waals surface area (Å²) in [6.45, 7) is 3.89. The maximum atomic E-state index is 6.55. The first-order valence-electron chi connectivity index (χ1n) is 10.8. The molecule has 7 nitrogen and oxygen atoms in total. The van der Waals surface area contributed by atoms with E-state index in [2.05, 4.69) is 25.8 Å². The van der Waals surface area contributed by atoms with Gasteiger partial charge in [0.15, 0.2) is 11.4 Å². The molecule has 0 radical (unpaired) electrons. The van der Waals surface area contributed by atoms with E-state index in [9.17, 15) is 0 Å². The lowest BCUT2D eigenvalue weighted by atomic mass is 10.1. The molecule has 0 N–H and O–H groups in total. The van der Waals surface area contributed by atoms with Gasteiger partial charge in [0.25, 0.3) is 0 Å². The normalized spacial score (nSPS) is 12.3. The molecule has 2 heterocycles. The van der Waals surface area contributed by atoms with E-state index in [1.807, 2.05) is 31.7 Å². The number of aromatic nitrogens is 4. The summed E-state index contributed by atoms with van der Waals surface area (Å²) in [4.78, 5) is 15.5. The molecule has 10 heteroatoms. The molecule has 3 aromatic rings. The number of halogens is 3. The van der Waals surface area contributed by atoms with E-state index in [0.717, 1.165) is 18.5 Å². The number of ether oxygens (including phenoxy) is 2. The van der Waals surface area contributed by atoms with Crippen molar-refractivity contribution in [3.05, 3.63) is 57.3 Å². The van der Waals surface area contributed by atoms with Gasteiger partial charge < -0.3 is 18.9 Å². The molecule has 0 saturated carbocycles. The highest BCUT2D eigenvalue weighted by molar-refractivity contribution is 6.37. The van der Waals surface area contributed by atoms with Gasteiger partial charge in [-0.3, -0.25) is 0 Å². The van der Waals surface area contributed by atoms with Gasteiger partial charge in [-0.1, -0.05) is 34.9 Å². The minimum Gasteiger partial charge on any atom is -0.492 e. The van der Waals surface area contributed by atoms with Crippen molar-refractivity contribution in [2.75, 3.05) is 34.4 Å². The Hall–Kier alpha value is -2.76. The van der Waals surface area contributed by atoms with Gasteiger partial charge in [0.2, 0.25) is 5.28 Å². The number of rotatable bonds is 10. The average Bonchev–Trinajstić information content (AvgIpc) is 3.20. The van der Waals surface area contributed by atoms with Crippen molar-refractivity contribution in [2.24, 2.45) is 0 Å². The smallest absolute Gasteiger partial charge is 0.225 e. The quantitative estimate of drug-likeness (QED) is 0.106. The third-order valence-corrected chi connectivity index (χ3v) is 5.80. The summed E-state index contributed by atoms with van der Waals surface area (Å²) in [6.07, 6.45) is 11.5. The molecule has 0 bridgehead atoms. The largest absolute Gasteiger partial charge is 0.492 e. The second kappa shape index (κ2) is 12.3. The first-order chi connectivity index (χ1) is 16.7. The van der Waals surface area contributed by atoms with Gasteiger partial charge in [-0.2, -0.15) is 4.98 Å². The second-order valence-electron chi connectivity index (χ2n) is 8.05. The molecule has 3 rings (SSSR count). The zero-order chi connectivity index (χ0) is 25.5. The van der Waals surface area contributed by atoms with Crippen LogP contribution in [0.4, 0.5) is 0 Å². The minimum atomic E-state index is 0.0734. The highest BCUT2D eigenvalue weighted by Crippen LogP contribution is 2.38. The lowest BCUT2D eigenvalue weighted by molar-refractivity contribution is 0.282. The van der Waals surface area contributed by atoms with Crippen molar-refractivity contribution in [1.29, 1.82) is 0 Å². The van der Waals surface area contributed by atoms with Crippen LogP contribution in [0.3, 0.4) is 0 Å². The van der Waals surface area contributed by atoms with Crippen LogP contribution in [0.25, 0.3) is 22.4 Å². The molecule has 2 aromatic heterocycles. The van der Waals surface area contributed by atoms with E-state index >= 15 is 0 Å². The number of fused-ring (bicyclic) bond motifs is 1. The van der Waals surface area contributed by atoms with E-state index < -0.39 is 0 Å². The highest BCUT2D eigenvalue weighted by Gasteiger charge is 2.19. The fraction of sp³-hybridized carbons (Fsp3) is 0.320. The highest BCUT2D eigenvalue weighted by atomic mass is 35.5. The lowest BCUT2D eigenvalue weighted by Crippen LogP contribution is -2.15. The average molecular weight is 535 g/mol. The Kier molecular flexibility index (Phi) is 9.41. The van der Waals surface area contributed by atoms with Crippen LogP contribution in [-0.2, 0) is 11.3 Å². The van der Waals surface area contributed by atoms with Crippen LogP contribution in [-0.4, -0.2) is 58.8 Å². The second-order valence-corrected chi connectivity index (χ2v) is 9.20. The fourth-order valence-electron chi connectivity index (χ4n) is 3.32. The first-order valence-corrected chi connectivity index (χ1v) is 11.9. The van der Waals surface area contributed by atoms with Crippen molar-refractivity contribution in [2.45, 2.75) is 19.9 Å². The van der Waals surface area contributed by atoms with Gasteiger partial charge in [-0.25, -0.2) is 9.97 Å². The third-order valence-electron chi connectivity index (χ3n) is 5.02. The molecule has 0 saturated heterocycles. The Balaban J connectivity index is 1.96. The summed E-state index contributed by atoms with van der Waals surface area (Å²) in [6, 6.07) is 3.40.